The minimum absolute atomic E-state index is 0.0587. The van der Waals surface area contributed by atoms with Crippen LogP contribution in [0.15, 0.2) is 24.3 Å². The Kier molecular flexibility index (Phi) is 6.34. The second kappa shape index (κ2) is 7.76. The quantitative estimate of drug-likeness (QED) is 0.841. The molecule has 0 saturated heterocycles. The van der Waals surface area contributed by atoms with Crippen molar-refractivity contribution in [3.63, 3.8) is 0 Å². The maximum absolute atomic E-state index is 13.2. The Hall–Kier alpha value is -1.91. The van der Waals surface area contributed by atoms with Crippen LogP contribution >= 0.6 is 0 Å². The van der Waals surface area contributed by atoms with Gasteiger partial charge in [0.15, 0.2) is 0 Å². The summed E-state index contributed by atoms with van der Waals surface area (Å²) in [5.41, 5.74) is 0.769. The molecular formula is C16H22FNO3. The first-order chi connectivity index (χ1) is 9.81. The molecule has 0 aliphatic carbocycles. The van der Waals surface area contributed by atoms with Gasteiger partial charge in [-0.1, -0.05) is 19.1 Å². The van der Waals surface area contributed by atoms with Gasteiger partial charge in [0, 0.05) is 19.0 Å². The van der Waals surface area contributed by atoms with Crippen molar-refractivity contribution in [2.24, 2.45) is 0 Å². The molecule has 1 aromatic carbocycles. The molecular weight excluding hydrogens is 273 g/mol. The number of carbonyl (C=O) groups is 2. The van der Waals surface area contributed by atoms with E-state index in [4.69, 9.17) is 5.11 Å². The Bertz CT molecular complexity index is 502. The second-order valence-electron chi connectivity index (χ2n) is 5.48. The molecule has 0 aliphatic rings. The fraction of sp³-hybridized carbons (Fsp3) is 0.500. The van der Waals surface area contributed by atoms with E-state index >= 15 is 0 Å². The van der Waals surface area contributed by atoms with Gasteiger partial charge in [-0.05, 0) is 37.5 Å². The molecule has 1 N–H and O–H groups in total. The Morgan fingerprint density at radius 2 is 1.95 bits per heavy atom. The average molecular weight is 295 g/mol. The van der Waals surface area contributed by atoms with Crippen LogP contribution in [-0.4, -0.2) is 34.5 Å². The van der Waals surface area contributed by atoms with Crippen LogP contribution in [0.25, 0.3) is 0 Å². The van der Waals surface area contributed by atoms with E-state index in [1.807, 2.05) is 20.8 Å². The number of nitrogens with zero attached hydrogens (tertiary/aromatic N) is 1. The summed E-state index contributed by atoms with van der Waals surface area (Å²) in [7, 11) is 0. The molecule has 1 aromatic rings. The van der Waals surface area contributed by atoms with Gasteiger partial charge in [0.2, 0.25) is 5.91 Å². The molecule has 0 aromatic heterocycles. The third-order valence-corrected chi connectivity index (χ3v) is 3.41. The smallest absolute Gasteiger partial charge is 0.305 e. The summed E-state index contributed by atoms with van der Waals surface area (Å²) in [4.78, 5) is 24.5. The number of amides is 1. The third-order valence-electron chi connectivity index (χ3n) is 3.41. The monoisotopic (exact) mass is 295 g/mol. The molecule has 4 nitrogen and oxygen atoms in total. The van der Waals surface area contributed by atoms with E-state index < -0.39 is 5.97 Å². The molecule has 1 atom stereocenters. The summed E-state index contributed by atoms with van der Waals surface area (Å²) in [6.07, 6.45) is 0.166. The van der Waals surface area contributed by atoms with Crippen LogP contribution in [0.4, 0.5) is 4.39 Å². The summed E-state index contributed by atoms with van der Waals surface area (Å²) in [6.45, 7) is 5.77. The van der Waals surface area contributed by atoms with Crippen molar-refractivity contribution < 1.29 is 19.1 Å². The normalized spacial score (nSPS) is 12.2. The van der Waals surface area contributed by atoms with Crippen LogP contribution in [0.1, 0.15) is 45.1 Å². The zero-order chi connectivity index (χ0) is 16.0. The summed E-state index contributed by atoms with van der Waals surface area (Å²) in [6, 6.07) is 6.14. The molecule has 1 rings (SSSR count). The predicted octanol–water partition coefficient (Wildman–Crippen LogP) is 3.03. The number of hydrogen-bond acceptors (Lipinski definition) is 2. The van der Waals surface area contributed by atoms with Crippen molar-refractivity contribution in [3.05, 3.63) is 35.6 Å². The lowest BCUT2D eigenvalue weighted by Crippen LogP contribution is -2.39. The van der Waals surface area contributed by atoms with E-state index in [-0.39, 0.29) is 43.1 Å². The molecule has 0 bridgehead atoms. The van der Waals surface area contributed by atoms with Gasteiger partial charge in [-0.2, -0.15) is 0 Å². The Labute approximate surface area is 124 Å². The zero-order valence-electron chi connectivity index (χ0n) is 12.7. The first-order valence-electron chi connectivity index (χ1n) is 7.08. The maximum atomic E-state index is 13.2. The first-order valence-corrected chi connectivity index (χ1v) is 7.08. The largest absolute Gasteiger partial charge is 0.481 e. The Morgan fingerprint density at radius 3 is 2.48 bits per heavy atom. The number of carbonyl (C=O) groups excluding carboxylic acids is 1. The lowest BCUT2D eigenvalue weighted by Gasteiger charge is -2.27. The summed E-state index contributed by atoms with van der Waals surface area (Å²) in [5, 5.41) is 8.74. The van der Waals surface area contributed by atoms with Crippen molar-refractivity contribution in [3.8, 4) is 0 Å². The van der Waals surface area contributed by atoms with Crippen molar-refractivity contribution in [2.75, 3.05) is 6.54 Å². The van der Waals surface area contributed by atoms with E-state index in [0.29, 0.717) is 0 Å². The van der Waals surface area contributed by atoms with Gasteiger partial charge in [0.05, 0.1) is 6.42 Å². The molecule has 0 fully saturated rings. The standard InChI is InChI=1S/C16H22FNO3/c1-11(2)18(8-7-16(20)21)15(19)9-12(3)13-5-4-6-14(17)10-13/h4-6,10-12H,7-9H2,1-3H3,(H,20,21). The molecule has 0 aliphatic heterocycles. The molecule has 0 spiro atoms. The van der Waals surface area contributed by atoms with Gasteiger partial charge >= 0.3 is 5.97 Å². The van der Waals surface area contributed by atoms with Crippen LogP contribution in [0.3, 0.4) is 0 Å². The minimum atomic E-state index is -0.924. The fourth-order valence-corrected chi connectivity index (χ4v) is 2.20. The Balaban J connectivity index is 2.70. The van der Waals surface area contributed by atoms with Crippen LogP contribution in [-0.2, 0) is 9.59 Å². The molecule has 0 saturated carbocycles. The number of halogens is 1. The number of carboxylic acid groups (broad SMARTS) is 1. The summed E-state index contributed by atoms with van der Waals surface area (Å²) < 4.78 is 13.2. The lowest BCUT2D eigenvalue weighted by atomic mass is 9.97. The average Bonchev–Trinajstić information content (AvgIpc) is 2.37. The lowest BCUT2D eigenvalue weighted by molar-refractivity contribution is -0.139. The topological polar surface area (TPSA) is 57.6 Å². The van der Waals surface area contributed by atoms with Gasteiger partial charge in [0.25, 0.3) is 0 Å². The highest BCUT2D eigenvalue weighted by Gasteiger charge is 2.20. The van der Waals surface area contributed by atoms with Crippen molar-refractivity contribution in [2.45, 2.75) is 45.6 Å². The summed E-state index contributed by atoms with van der Waals surface area (Å²) in [5.74, 6) is -1.47. The van der Waals surface area contributed by atoms with Gasteiger partial charge in [-0.25, -0.2) is 4.39 Å². The Morgan fingerprint density at radius 1 is 1.29 bits per heavy atom. The molecule has 1 unspecified atom stereocenters. The summed E-state index contributed by atoms with van der Waals surface area (Å²) >= 11 is 0. The van der Waals surface area contributed by atoms with E-state index in [2.05, 4.69) is 0 Å². The van der Waals surface area contributed by atoms with Crippen molar-refractivity contribution in [1.82, 2.24) is 4.90 Å². The highest BCUT2D eigenvalue weighted by molar-refractivity contribution is 5.78. The molecule has 1 amide bonds. The molecule has 116 valence electrons. The van der Waals surface area contributed by atoms with Crippen molar-refractivity contribution >= 4 is 11.9 Å². The maximum Gasteiger partial charge on any atom is 0.305 e. The van der Waals surface area contributed by atoms with Crippen LogP contribution < -0.4 is 0 Å². The van der Waals surface area contributed by atoms with Gasteiger partial charge < -0.3 is 10.0 Å². The number of carboxylic acids is 1. The fourth-order valence-electron chi connectivity index (χ4n) is 2.20. The number of rotatable bonds is 7. The van der Waals surface area contributed by atoms with E-state index in [1.54, 1.807) is 17.0 Å². The third kappa shape index (κ3) is 5.53. The highest BCUT2D eigenvalue weighted by Crippen LogP contribution is 2.21. The molecule has 21 heavy (non-hydrogen) atoms. The molecule has 5 heteroatoms. The predicted molar refractivity (Wildman–Crippen MR) is 78.5 cm³/mol. The minimum Gasteiger partial charge on any atom is -0.481 e. The van der Waals surface area contributed by atoms with Crippen LogP contribution in [0.2, 0.25) is 0 Å². The SMILES string of the molecule is CC(CC(=O)N(CCC(=O)O)C(C)C)c1cccc(F)c1. The molecule has 0 heterocycles. The molecule has 0 radical (unpaired) electrons. The zero-order valence-corrected chi connectivity index (χ0v) is 12.7. The van der Waals surface area contributed by atoms with Gasteiger partial charge in [-0.15, -0.1) is 0 Å². The van der Waals surface area contributed by atoms with Gasteiger partial charge in [-0.3, -0.25) is 9.59 Å². The van der Waals surface area contributed by atoms with E-state index in [1.165, 1.54) is 12.1 Å². The highest BCUT2D eigenvalue weighted by atomic mass is 19.1. The van der Waals surface area contributed by atoms with Crippen molar-refractivity contribution in [1.29, 1.82) is 0 Å². The number of aliphatic carboxylic acids is 1. The second-order valence-corrected chi connectivity index (χ2v) is 5.48. The van der Waals surface area contributed by atoms with E-state index in [9.17, 15) is 14.0 Å². The van der Waals surface area contributed by atoms with E-state index in [0.717, 1.165) is 5.56 Å². The van der Waals surface area contributed by atoms with Gasteiger partial charge in [0.1, 0.15) is 5.82 Å². The van der Waals surface area contributed by atoms with Crippen LogP contribution in [0.5, 0.6) is 0 Å². The number of benzene rings is 1. The first kappa shape index (κ1) is 17.1. The van der Waals surface area contributed by atoms with Crippen LogP contribution in [0, 0.1) is 5.82 Å². The number of hydrogen-bond donors (Lipinski definition) is 1.